The molecule has 0 bridgehead atoms. The Morgan fingerprint density at radius 3 is 2.23 bits per heavy atom. The molecule has 0 aliphatic carbocycles. The van der Waals surface area contributed by atoms with Crippen molar-refractivity contribution in [1.82, 2.24) is 10.6 Å². The summed E-state index contributed by atoms with van der Waals surface area (Å²) in [4.78, 5) is 0. The third kappa shape index (κ3) is 6.07. The van der Waals surface area contributed by atoms with Crippen LogP contribution in [-0.2, 0) is 12.8 Å². The highest BCUT2D eigenvalue weighted by Crippen LogP contribution is 2.24. The van der Waals surface area contributed by atoms with Crippen LogP contribution in [0.4, 0.5) is 0 Å². The van der Waals surface area contributed by atoms with Gasteiger partial charge in [-0.3, -0.25) is 0 Å². The van der Waals surface area contributed by atoms with E-state index in [-0.39, 0.29) is 0 Å². The lowest BCUT2D eigenvalue weighted by atomic mass is 10.1. The summed E-state index contributed by atoms with van der Waals surface area (Å²) in [5.41, 5.74) is 3.39. The summed E-state index contributed by atoms with van der Waals surface area (Å²) in [7, 11) is 3.30. The summed E-state index contributed by atoms with van der Waals surface area (Å²) < 4.78 is 10.6. The van der Waals surface area contributed by atoms with Crippen molar-refractivity contribution in [3.8, 4) is 11.5 Å². The van der Waals surface area contributed by atoms with Gasteiger partial charge in [0.05, 0.1) is 14.2 Å². The summed E-state index contributed by atoms with van der Waals surface area (Å²) in [6.45, 7) is 3.49. The topological polar surface area (TPSA) is 42.5 Å². The summed E-state index contributed by atoms with van der Waals surface area (Å²) in [6.07, 6.45) is 1.63. The fourth-order valence-corrected chi connectivity index (χ4v) is 3.13. The summed E-state index contributed by atoms with van der Waals surface area (Å²) in [5.74, 6) is 1.60. The normalized spacial score (nSPS) is 10.3. The molecule has 0 aliphatic rings. The summed E-state index contributed by atoms with van der Waals surface area (Å²) >= 11 is 11.6. The molecule has 0 aromatic heterocycles. The number of rotatable bonds is 8. The Kier molecular flexibility index (Phi) is 8.01. The molecule has 0 spiro atoms. The van der Waals surface area contributed by atoms with Crippen LogP contribution in [-0.4, -0.2) is 32.4 Å². The fraction of sp³-hybridized carbons (Fsp3) is 0.350. The molecule has 140 valence electrons. The first-order valence-electron chi connectivity index (χ1n) is 8.51. The van der Waals surface area contributed by atoms with Crippen LogP contribution in [0.15, 0.2) is 36.4 Å². The first-order chi connectivity index (χ1) is 12.5. The zero-order valence-electron chi connectivity index (χ0n) is 15.4. The number of methoxy groups -OCH3 is 2. The third-order valence-electron chi connectivity index (χ3n) is 4.06. The lowest BCUT2D eigenvalue weighted by Crippen LogP contribution is -2.37. The molecular weight excluding hydrogens is 368 g/mol. The van der Waals surface area contributed by atoms with Gasteiger partial charge in [0.2, 0.25) is 0 Å². The highest BCUT2D eigenvalue weighted by Gasteiger charge is 2.06. The van der Waals surface area contributed by atoms with Crippen molar-refractivity contribution in [3.63, 3.8) is 0 Å². The SMILES string of the molecule is COc1ccc(CCNC(=S)NCCc2ccc(C)cc2Cl)c(OC)c1. The van der Waals surface area contributed by atoms with Gasteiger partial charge in [-0.15, -0.1) is 0 Å². The van der Waals surface area contributed by atoms with Gasteiger partial charge in [-0.25, -0.2) is 0 Å². The van der Waals surface area contributed by atoms with E-state index < -0.39 is 0 Å². The van der Waals surface area contributed by atoms with Crippen LogP contribution in [0.2, 0.25) is 5.02 Å². The standard InChI is InChI=1S/C20H25ClN2O2S/c1-14-4-5-15(18(21)12-14)8-10-22-20(26)23-11-9-16-6-7-17(24-2)13-19(16)25-3/h4-7,12-13H,8-11H2,1-3H3,(H2,22,23,26). The zero-order valence-corrected chi connectivity index (χ0v) is 17.0. The Bertz CT molecular complexity index is 753. The zero-order chi connectivity index (χ0) is 18.9. The maximum atomic E-state index is 6.25. The predicted octanol–water partition coefficient (Wildman–Crippen LogP) is 3.91. The van der Waals surface area contributed by atoms with Gasteiger partial charge in [-0.05, 0) is 60.8 Å². The van der Waals surface area contributed by atoms with Gasteiger partial charge in [0, 0.05) is 24.2 Å². The molecule has 0 atom stereocenters. The van der Waals surface area contributed by atoms with Crippen LogP contribution < -0.4 is 20.1 Å². The molecule has 26 heavy (non-hydrogen) atoms. The number of thiocarbonyl (C=S) groups is 1. The second kappa shape index (κ2) is 10.2. The van der Waals surface area contributed by atoms with Crippen molar-refractivity contribution in [3.05, 3.63) is 58.1 Å². The van der Waals surface area contributed by atoms with E-state index >= 15 is 0 Å². The minimum atomic E-state index is 0.640. The predicted molar refractivity (Wildman–Crippen MR) is 112 cm³/mol. The highest BCUT2D eigenvalue weighted by molar-refractivity contribution is 7.80. The van der Waals surface area contributed by atoms with Crippen molar-refractivity contribution < 1.29 is 9.47 Å². The maximum Gasteiger partial charge on any atom is 0.166 e. The van der Waals surface area contributed by atoms with Crippen molar-refractivity contribution in [1.29, 1.82) is 0 Å². The number of hydrogen-bond acceptors (Lipinski definition) is 3. The Hall–Kier alpha value is -1.98. The molecule has 6 heteroatoms. The first kappa shape index (κ1) is 20.3. The molecule has 0 heterocycles. The van der Waals surface area contributed by atoms with E-state index in [1.807, 2.05) is 31.2 Å². The first-order valence-corrected chi connectivity index (χ1v) is 9.29. The van der Waals surface area contributed by atoms with Crippen molar-refractivity contribution in [2.75, 3.05) is 27.3 Å². The molecule has 0 aliphatic heterocycles. The van der Waals surface area contributed by atoms with Crippen LogP contribution in [0.5, 0.6) is 11.5 Å². The highest BCUT2D eigenvalue weighted by atomic mass is 35.5. The average Bonchev–Trinajstić information content (AvgIpc) is 2.63. The van der Waals surface area contributed by atoms with E-state index in [4.69, 9.17) is 33.3 Å². The largest absolute Gasteiger partial charge is 0.497 e. The second-order valence-corrected chi connectivity index (χ2v) is 6.77. The molecule has 0 radical (unpaired) electrons. The van der Waals surface area contributed by atoms with Gasteiger partial charge in [0.25, 0.3) is 0 Å². The van der Waals surface area contributed by atoms with Crippen molar-refractivity contribution in [2.45, 2.75) is 19.8 Å². The molecule has 0 amide bonds. The molecule has 2 rings (SSSR count). The van der Waals surface area contributed by atoms with E-state index in [1.54, 1.807) is 14.2 Å². The molecule has 0 fully saturated rings. The van der Waals surface area contributed by atoms with E-state index in [2.05, 4.69) is 22.8 Å². The van der Waals surface area contributed by atoms with Gasteiger partial charge in [-0.1, -0.05) is 29.8 Å². The van der Waals surface area contributed by atoms with Crippen LogP contribution in [0.25, 0.3) is 0 Å². The Labute approximate surface area is 165 Å². The number of aryl methyl sites for hydroxylation is 1. The van der Waals surface area contributed by atoms with E-state index in [9.17, 15) is 0 Å². The number of hydrogen-bond donors (Lipinski definition) is 2. The molecule has 2 aromatic carbocycles. The third-order valence-corrected chi connectivity index (χ3v) is 4.70. The maximum absolute atomic E-state index is 6.25. The van der Waals surface area contributed by atoms with E-state index in [1.165, 1.54) is 0 Å². The Morgan fingerprint density at radius 1 is 0.962 bits per heavy atom. The van der Waals surface area contributed by atoms with Crippen LogP contribution in [0.1, 0.15) is 16.7 Å². The monoisotopic (exact) mass is 392 g/mol. The second-order valence-electron chi connectivity index (χ2n) is 5.96. The van der Waals surface area contributed by atoms with Gasteiger partial charge >= 0.3 is 0 Å². The quantitative estimate of drug-likeness (QED) is 0.666. The number of benzene rings is 2. The summed E-state index contributed by atoms with van der Waals surface area (Å²) in [5, 5.41) is 7.88. The number of ether oxygens (including phenoxy) is 2. The van der Waals surface area contributed by atoms with Crippen molar-refractivity contribution in [2.24, 2.45) is 0 Å². The van der Waals surface area contributed by atoms with Crippen LogP contribution in [0.3, 0.4) is 0 Å². The minimum absolute atomic E-state index is 0.640. The molecular formula is C20H25ClN2O2S. The van der Waals surface area contributed by atoms with Gasteiger partial charge in [-0.2, -0.15) is 0 Å². The number of nitrogens with one attached hydrogen (secondary N) is 2. The molecule has 0 unspecified atom stereocenters. The van der Waals surface area contributed by atoms with Gasteiger partial charge < -0.3 is 20.1 Å². The fourth-order valence-electron chi connectivity index (χ4n) is 2.60. The van der Waals surface area contributed by atoms with E-state index in [0.29, 0.717) is 5.11 Å². The minimum Gasteiger partial charge on any atom is -0.497 e. The Morgan fingerprint density at radius 2 is 1.62 bits per heavy atom. The Balaban J connectivity index is 1.73. The summed E-state index contributed by atoms with van der Waals surface area (Å²) in [6, 6.07) is 11.9. The van der Waals surface area contributed by atoms with Crippen LogP contribution in [0, 0.1) is 6.92 Å². The van der Waals surface area contributed by atoms with Gasteiger partial charge in [0.1, 0.15) is 11.5 Å². The lowest BCUT2D eigenvalue weighted by Gasteiger charge is -2.13. The van der Waals surface area contributed by atoms with Crippen molar-refractivity contribution >= 4 is 28.9 Å². The lowest BCUT2D eigenvalue weighted by molar-refractivity contribution is 0.391. The smallest absolute Gasteiger partial charge is 0.166 e. The van der Waals surface area contributed by atoms with Crippen LogP contribution >= 0.6 is 23.8 Å². The average molecular weight is 393 g/mol. The molecule has 4 nitrogen and oxygen atoms in total. The molecule has 2 N–H and O–H groups in total. The van der Waals surface area contributed by atoms with E-state index in [0.717, 1.165) is 59.1 Å². The number of halogens is 1. The molecule has 0 saturated heterocycles. The van der Waals surface area contributed by atoms with Gasteiger partial charge in [0.15, 0.2) is 5.11 Å². The molecule has 2 aromatic rings. The molecule has 0 saturated carbocycles.